The van der Waals surface area contributed by atoms with Crippen molar-refractivity contribution in [3.05, 3.63) is 94.6 Å². The third-order valence-corrected chi connectivity index (χ3v) is 8.12. The Labute approximate surface area is 266 Å². The molecule has 238 valence electrons. The molecule has 5 aromatic rings. The van der Waals surface area contributed by atoms with Crippen molar-refractivity contribution in [3.63, 3.8) is 0 Å². The third-order valence-electron chi connectivity index (χ3n) is 7.79. The molecule has 0 saturated carbocycles. The molecule has 0 bridgehead atoms. The van der Waals surface area contributed by atoms with Crippen molar-refractivity contribution >= 4 is 40.0 Å². The second kappa shape index (κ2) is 12.9. The van der Waals surface area contributed by atoms with Gasteiger partial charge in [0.1, 0.15) is 12.6 Å². The highest BCUT2D eigenvalue weighted by molar-refractivity contribution is 6.31. The van der Waals surface area contributed by atoms with Crippen LogP contribution >= 0.6 is 11.6 Å². The highest BCUT2D eigenvalue weighted by atomic mass is 35.5. The van der Waals surface area contributed by atoms with E-state index in [2.05, 4.69) is 25.7 Å². The van der Waals surface area contributed by atoms with E-state index in [1.54, 1.807) is 30.5 Å². The molecule has 1 fully saturated rings. The number of hydrogen-bond donors (Lipinski definition) is 2. The van der Waals surface area contributed by atoms with Gasteiger partial charge in [-0.15, -0.1) is 10.2 Å². The minimum atomic E-state index is -4.82. The number of amides is 2. The molecule has 1 aliphatic heterocycles. The Hall–Kier alpha value is -4.75. The average Bonchev–Trinajstić information content (AvgIpc) is 3.81. The molecule has 0 spiro atoms. The Morgan fingerprint density at radius 3 is 2.67 bits per heavy atom. The lowest BCUT2D eigenvalue weighted by Gasteiger charge is -2.32. The molecule has 10 nitrogen and oxygen atoms in total. The minimum Gasteiger partial charge on any atom is -0.376 e. The van der Waals surface area contributed by atoms with Crippen LogP contribution in [0.1, 0.15) is 35.6 Å². The highest BCUT2D eigenvalue weighted by Crippen LogP contribution is 2.40. The van der Waals surface area contributed by atoms with Crippen LogP contribution in [0.4, 0.5) is 18.9 Å². The monoisotopic (exact) mass is 651 g/mol. The molecule has 3 heterocycles. The summed E-state index contributed by atoms with van der Waals surface area (Å²) in [6.07, 6.45) is -1.88. The number of H-pyrrole nitrogens is 1. The van der Waals surface area contributed by atoms with Crippen LogP contribution in [0.2, 0.25) is 5.02 Å². The molecule has 46 heavy (non-hydrogen) atoms. The van der Waals surface area contributed by atoms with Crippen molar-refractivity contribution < 1.29 is 27.5 Å². The predicted molar refractivity (Wildman–Crippen MR) is 165 cm³/mol. The molecule has 3 aromatic carbocycles. The van der Waals surface area contributed by atoms with E-state index < -0.39 is 41.2 Å². The van der Waals surface area contributed by atoms with Crippen LogP contribution in [-0.2, 0) is 27.0 Å². The number of anilines is 1. The number of nitrogens with zero attached hydrogens (tertiary/aromatic N) is 5. The molecular weight excluding hydrogens is 623 g/mol. The molecule has 0 radical (unpaired) electrons. The predicted octanol–water partition coefficient (Wildman–Crippen LogP) is 5.87. The van der Waals surface area contributed by atoms with E-state index in [9.17, 15) is 22.8 Å². The maximum Gasteiger partial charge on any atom is 0.417 e. The zero-order valence-corrected chi connectivity index (χ0v) is 25.3. The van der Waals surface area contributed by atoms with Crippen LogP contribution in [0.5, 0.6) is 0 Å². The number of fused-ring (bicyclic) bond motifs is 1. The van der Waals surface area contributed by atoms with Crippen molar-refractivity contribution in [2.45, 2.75) is 44.6 Å². The maximum absolute atomic E-state index is 14.3. The fourth-order valence-corrected chi connectivity index (χ4v) is 5.70. The van der Waals surface area contributed by atoms with E-state index in [0.717, 1.165) is 40.2 Å². The van der Waals surface area contributed by atoms with E-state index in [-0.39, 0.29) is 24.2 Å². The van der Waals surface area contributed by atoms with Crippen molar-refractivity contribution in [2.75, 3.05) is 18.1 Å². The number of alkyl halides is 3. The van der Waals surface area contributed by atoms with Crippen molar-refractivity contribution in [3.8, 4) is 11.4 Å². The third kappa shape index (κ3) is 6.60. The van der Waals surface area contributed by atoms with Gasteiger partial charge >= 0.3 is 6.18 Å². The number of aromatic nitrogens is 5. The second-order valence-electron chi connectivity index (χ2n) is 11.0. The van der Waals surface area contributed by atoms with Crippen LogP contribution in [0.15, 0.2) is 72.9 Å². The molecule has 0 aliphatic carbocycles. The van der Waals surface area contributed by atoms with E-state index in [1.165, 1.54) is 6.07 Å². The first-order valence-corrected chi connectivity index (χ1v) is 15.0. The maximum atomic E-state index is 14.3. The van der Waals surface area contributed by atoms with Gasteiger partial charge in [0.25, 0.3) is 5.91 Å². The number of halogens is 4. The summed E-state index contributed by atoms with van der Waals surface area (Å²) >= 11 is 5.95. The van der Waals surface area contributed by atoms with Gasteiger partial charge in [-0.05, 0) is 49.2 Å². The molecule has 14 heteroatoms. The first kappa shape index (κ1) is 31.2. The molecule has 1 saturated heterocycles. The number of aromatic amines is 1. The highest BCUT2D eigenvalue weighted by Gasteiger charge is 2.38. The number of hydrogen-bond acceptors (Lipinski definition) is 6. The Balaban J connectivity index is 1.43. The van der Waals surface area contributed by atoms with Gasteiger partial charge in [-0.25, -0.2) is 0 Å². The van der Waals surface area contributed by atoms with Crippen LogP contribution in [0, 0.1) is 6.92 Å². The van der Waals surface area contributed by atoms with Crippen LogP contribution in [0.3, 0.4) is 0 Å². The molecule has 2 amide bonds. The summed E-state index contributed by atoms with van der Waals surface area (Å²) in [5, 5.41) is 15.3. The number of ether oxygens (including phenoxy) is 1. The molecule has 2 N–H and O–H groups in total. The number of carbonyl (C=O) groups excluding carboxylic acids is 2. The fraction of sp³-hybridized carbons (Fsp3) is 0.281. The molecule has 6 rings (SSSR count). The first-order chi connectivity index (χ1) is 22.1. The molecule has 1 aliphatic rings. The fourth-order valence-electron chi connectivity index (χ4n) is 5.48. The smallest absolute Gasteiger partial charge is 0.376 e. The number of carbonyl (C=O) groups is 2. The molecular formula is C32H29ClF3N7O3. The van der Waals surface area contributed by atoms with E-state index >= 15 is 0 Å². The Morgan fingerprint density at radius 2 is 1.93 bits per heavy atom. The van der Waals surface area contributed by atoms with Crippen molar-refractivity contribution in [1.82, 2.24) is 30.5 Å². The summed E-state index contributed by atoms with van der Waals surface area (Å²) in [7, 11) is 0. The zero-order valence-electron chi connectivity index (χ0n) is 24.6. The van der Waals surface area contributed by atoms with Gasteiger partial charge in [-0.1, -0.05) is 59.6 Å². The largest absolute Gasteiger partial charge is 0.417 e. The summed E-state index contributed by atoms with van der Waals surface area (Å²) in [4.78, 5) is 33.5. The van der Waals surface area contributed by atoms with Crippen LogP contribution in [0.25, 0.3) is 22.3 Å². The normalized spacial score (nSPS) is 15.6. The van der Waals surface area contributed by atoms with E-state index in [4.69, 9.17) is 16.3 Å². The molecule has 2 aromatic heterocycles. The number of para-hydroxylation sites is 1. The van der Waals surface area contributed by atoms with Crippen LogP contribution < -0.4 is 10.2 Å². The summed E-state index contributed by atoms with van der Waals surface area (Å²) in [5.41, 5.74) is 1.41. The quantitative estimate of drug-likeness (QED) is 0.206. The summed E-state index contributed by atoms with van der Waals surface area (Å²) in [6.45, 7) is 2.14. The summed E-state index contributed by atoms with van der Waals surface area (Å²) in [5.74, 6) is -1.11. The zero-order chi connectivity index (χ0) is 32.4. The van der Waals surface area contributed by atoms with Gasteiger partial charge < -0.3 is 15.0 Å². The number of benzene rings is 3. The lowest BCUT2D eigenvalue weighted by Crippen LogP contribution is -2.46. The Bertz CT molecular complexity index is 1870. The minimum absolute atomic E-state index is 0.165. The van der Waals surface area contributed by atoms with Gasteiger partial charge in [0, 0.05) is 47.1 Å². The van der Waals surface area contributed by atoms with Gasteiger partial charge in [0.15, 0.2) is 0 Å². The van der Waals surface area contributed by atoms with Crippen LogP contribution in [-0.4, -0.2) is 56.3 Å². The SMILES string of the molecule is Cc1ccc(-c2nnn(CC(=O)N(c3ccc(Cl)c(C(F)(F)F)c3)C(C(=O)NCC3CCCO3)c3c[nH]c4ccccc34)n2)cc1. The topological polar surface area (TPSA) is 118 Å². The van der Waals surface area contributed by atoms with Gasteiger partial charge in [0.2, 0.25) is 11.7 Å². The summed E-state index contributed by atoms with van der Waals surface area (Å²) in [6, 6.07) is 16.2. The number of nitrogens with one attached hydrogen (secondary N) is 2. The number of rotatable bonds is 9. The van der Waals surface area contributed by atoms with E-state index in [1.807, 2.05) is 31.2 Å². The Morgan fingerprint density at radius 1 is 1.15 bits per heavy atom. The molecule has 2 unspecified atom stereocenters. The van der Waals surface area contributed by atoms with Crippen molar-refractivity contribution in [1.29, 1.82) is 0 Å². The van der Waals surface area contributed by atoms with E-state index in [0.29, 0.717) is 28.6 Å². The first-order valence-electron chi connectivity index (χ1n) is 14.6. The van der Waals surface area contributed by atoms with Gasteiger partial charge in [0.05, 0.1) is 16.7 Å². The lowest BCUT2D eigenvalue weighted by atomic mass is 10.0. The second-order valence-corrected chi connectivity index (χ2v) is 11.4. The lowest BCUT2D eigenvalue weighted by molar-refractivity contribution is -0.137. The van der Waals surface area contributed by atoms with Gasteiger partial charge in [-0.3, -0.25) is 14.5 Å². The molecule has 2 atom stereocenters. The van der Waals surface area contributed by atoms with Crippen molar-refractivity contribution in [2.24, 2.45) is 0 Å². The standard InChI is InChI=1S/C32H29ClF3N7O3/c1-19-8-10-20(11-9-19)30-39-41-42(40-30)18-28(44)43(21-12-13-26(33)25(15-21)32(34,35)36)29(31(45)38-16-22-5-4-14-46-22)24-17-37-27-7-3-2-6-23(24)27/h2-3,6-13,15,17,22,29,37H,4-5,14,16,18H2,1H3,(H,38,45). The number of aryl methyl sites for hydroxylation is 1. The average molecular weight is 652 g/mol. The summed E-state index contributed by atoms with van der Waals surface area (Å²) < 4.78 is 47.8. The number of tetrazole rings is 1. The Kier molecular flexibility index (Phi) is 8.78. The van der Waals surface area contributed by atoms with Gasteiger partial charge in [-0.2, -0.15) is 18.0 Å².